The van der Waals surface area contributed by atoms with Crippen LogP contribution in [-0.4, -0.2) is 28.7 Å². The van der Waals surface area contributed by atoms with Gasteiger partial charge in [0.25, 0.3) is 0 Å². The first-order valence-electron chi connectivity index (χ1n) is 6.68. The van der Waals surface area contributed by atoms with Crippen molar-refractivity contribution in [2.75, 3.05) is 17.7 Å². The molecule has 0 spiro atoms. The lowest BCUT2D eigenvalue weighted by Gasteiger charge is -2.10. The van der Waals surface area contributed by atoms with Crippen LogP contribution in [0.25, 0.3) is 0 Å². The minimum absolute atomic E-state index is 0.450. The fourth-order valence-electron chi connectivity index (χ4n) is 2.00. The fourth-order valence-corrected chi connectivity index (χ4v) is 2.00. The van der Waals surface area contributed by atoms with Crippen molar-refractivity contribution in [2.45, 2.75) is 13.8 Å². The Morgan fingerprint density at radius 1 is 1.14 bits per heavy atom. The molecule has 7 nitrogen and oxygen atoms in total. The first kappa shape index (κ1) is 15.6. The second kappa shape index (κ2) is 6.30. The molecule has 0 aliphatic carbocycles. The van der Waals surface area contributed by atoms with Crippen molar-refractivity contribution < 1.29 is 14.3 Å². The van der Waals surface area contributed by atoms with Crippen molar-refractivity contribution in [3.05, 3.63) is 35.7 Å². The average Bonchev–Trinajstić information content (AvgIpc) is 2.77. The lowest BCUT2D eigenvalue weighted by atomic mass is 10.2. The molecule has 2 amide bonds. The summed E-state index contributed by atoms with van der Waals surface area (Å²) in [7, 11) is 3.24. The first-order chi connectivity index (χ1) is 10.4. The second-order valence-corrected chi connectivity index (χ2v) is 4.91. The van der Waals surface area contributed by atoms with E-state index in [-0.39, 0.29) is 0 Å². The van der Waals surface area contributed by atoms with Crippen LogP contribution >= 0.6 is 0 Å². The number of aromatic nitrogens is 2. The zero-order valence-electron chi connectivity index (χ0n) is 12.9. The largest absolute Gasteiger partial charge is 0.495 e. The van der Waals surface area contributed by atoms with Crippen LogP contribution in [0.2, 0.25) is 0 Å². The van der Waals surface area contributed by atoms with Crippen LogP contribution in [0.5, 0.6) is 5.75 Å². The second-order valence-electron chi connectivity index (χ2n) is 4.91. The molecule has 2 aromatic rings. The highest BCUT2D eigenvalue weighted by atomic mass is 16.5. The van der Waals surface area contributed by atoms with E-state index in [1.54, 1.807) is 37.0 Å². The number of ether oxygens (including phenoxy) is 1. The molecule has 0 bridgehead atoms. The van der Waals surface area contributed by atoms with E-state index in [2.05, 4.69) is 15.7 Å². The molecule has 2 rings (SSSR count). The number of nitrogens with one attached hydrogen (secondary N) is 2. The molecule has 0 atom stereocenters. The highest BCUT2D eigenvalue weighted by Crippen LogP contribution is 2.25. The summed E-state index contributed by atoms with van der Waals surface area (Å²) in [6, 6.07) is 5.32. The van der Waals surface area contributed by atoms with Crippen LogP contribution < -0.4 is 15.4 Å². The summed E-state index contributed by atoms with van der Waals surface area (Å²) >= 11 is 0. The molecular weight excluding hydrogens is 284 g/mol. The van der Waals surface area contributed by atoms with Gasteiger partial charge in [-0.2, -0.15) is 5.10 Å². The highest BCUT2D eigenvalue weighted by Gasteiger charge is 2.17. The lowest BCUT2D eigenvalue weighted by Crippen LogP contribution is -2.29. The number of anilines is 2. The maximum absolute atomic E-state index is 12.0. The third-order valence-electron chi connectivity index (χ3n) is 3.07. The summed E-state index contributed by atoms with van der Waals surface area (Å²) < 4.78 is 6.72. The molecule has 116 valence electrons. The van der Waals surface area contributed by atoms with Gasteiger partial charge in [0.2, 0.25) is 0 Å². The smallest absolute Gasteiger partial charge is 0.314 e. The minimum atomic E-state index is -0.771. The molecule has 0 aliphatic heterocycles. The van der Waals surface area contributed by atoms with Gasteiger partial charge >= 0.3 is 11.8 Å². The first-order valence-corrected chi connectivity index (χ1v) is 6.68. The molecule has 1 heterocycles. The summed E-state index contributed by atoms with van der Waals surface area (Å²) in [5, 5.41) is 9.17. The monoisotopic (exact) mass is 302 g/mol. The van der Waals surface area contributed by atoms with Crippen molar-refractivity contribution in [2.24, 2.45) is 7.05 Å². The zero-order valence-corrected chi connectivity index (χ0v) is 12.9. The maximum Gasteiger partial charge on any atom is 0.314 e. The number of carbonyl (C=O) groups excluding carboxylic acids is 2. The maximum atomic E-state index is 12.0. The minimum Gasteiger partial charge on any atom is -0.495 e. The number of benzene rings is 1. The number of hydrogen-bond donors (Lipinski definition) is 2. The van der Waals surface area contributed by atoms with Crippen LogP contribution in [0.1, 0.15) is 11.3 Å². The molecule has 2 N–H and O–H groups in total. The molecule has 0 aliphatic rings. The standard InChI is InChI=1S/C15H18N4O3/c1-9-5-6-13(22-4)11(7-9)16-14(20)15(21)17-12-8-19(3)18-10(12)2/h5-8H,1-4H3,(H,16,20)(H,17,21). The van der Waals surface area contributed by atoms with E-state index in [1.165, 1.54) is 7.11 Å². The molecule has 1 aromatic heterocycles. The zero-order chi connectivity index (χ0) is 16.3. The van der Waals surface area contributed by atoms with Crippen molar-refractivity contribution in [3.8, 4) is 5.75 Å². The van der Waals surface area contributed by atoms with E-state index in [4.69, 9.17) is 4.74 Å². The molecule has 22 heavy (non-hydrogen) atoms. The van der Waals surface area contributed by atoms with Crippen LogP contribution in [0.15, 0.2) is 24.4 Å². The van der Waals surface area contributed by atoms with Gasteiger partial charge in [0.15, 0.2) is 0 Å². The number of carbonyl (C=O) groups is 2. The van der Waals surface area contributed by atoms with Gasteiger partial charge in [0.05, 0.1) is 24.2 Å². The van der Waals surface area contributed by atoms with Crippen molar-refractivity contribution in [1.82, 2.24) is 9.78 Å². The third kappa shape index (κ3) is 3.43. The molecule has 0 fully saturated rings. The summed E-state index contributed by atoms with van der Waals surface area (Å²) in [6.45, 7) is 3.63. The van der Waals surface area contributed by atoms with Gasteiger partial charge in [-0.05, 0) is 31.5 Å². The quantitative estimate of drug-likeness (QED) is 0.844. The van der Waals surface area contributed by atoms with Crippen LogP contribution in [0.4, 0.5) is 11.4 Å². The predicted octanol–water partition coefficient (Wildman–Crippen LogP) is 1.62. The SMILES string of the molecule is COc1ccc(C)cc1NC(=O)C(=O)Nc1cn(C)nc1C. The fraction of sp³-hybridized carbons (Fsp3) is 0.267. The predicted molar refractivity (Wildman–Crippen MR) is 82.9 cm³/mol. The van der Waals surface area contributed by atoms with Crippen LogP contribution in [0.3, 0.4) is 0 Å². The number of methoxy groups -OCH3 is 1. The number of hydrogen-bond acceptors (Lipinski definition) is 4. The van der Waals surface area contributed by atoms with Gasteiger partial charge in [-0.15, -0.1) is 0 Å². The Balaban J connectivity index is 2.10. The molecule has 0 saturated carbocycles. The lowest BCUT2D eigenvalue weighted by molar-refractivity contribution is -0.133. The van der Waals surface area contributed by atoms with E-state index in [0.29, 0.717) is 22.8 Å². The molecule has 1 aromatic carbocycles. The Bertz CT molecular complexity index is 722. The molecule has 0 saturated heterocycles. The van der Waals surface area contributed by atoms with Gasteiger partial charge in [0.1, 0.15) is 5.75 Å². The Morgan fingerprint density at radius 3 is 2.32 bits per heavy atom. The Kier molecular flexibility index (Phi) is 4.45. The number of aryl methyl sites for hydroxylation is 3. The summed E-state index contributed by atoms with van der Waals surface area (Å²) in [4.78, 5) is 24.0. The number of rotatable bonds is 3. The van der Waals surface area contributed by atoms with E-state index < -0.39 is 11.8 Å². The van der Waals surface area contributed by atoms with Crippen molar-refractivity contribution in [3.63, 3.8) is 0 Å². The van der Waals surface area contributed by atoms with Crippen molar-refractivity contribution in [1.29, 1.82) is 0 Å². The third-order valence-corrected chi connectivity index (χ3v) is 3.07. The highest BCUT2D eigenvalue weighted by molar-refractivity contribution is 6.43. The van der Waals surface area contributed by atoms with Gasteiger partial charge in [0, 0.05) is 13.2 Å². The summed E-state index contributed by atoms with van der Waals surface area (Å²) in [5.41, 5.74) is 2.53. The van der Waals surface area contributed by atoms with Crippen molar-refractivity contribution >= 4 is 23.2 Å². The average molecular weight is 302 g/mol. The molecular formula is C15H18N4O3. The van der Waals surface area contributed by atoms with Gasteiger partial charge < -0.3 is 15.4 Å². The van der Waals surface area contributed by atoms with E-state index >= 15 is 0 Å². The normalized spacial score (nSPS) is 10.2. The molecule has 0 unspecified atom stereocenters. The Labute approximate surface area is 128 Å². The summed E-state index contributed by atoms with van der Waals surface area (Å²) in [5.74, 6) is -1.05. The van der Waals surface area contributed by atoms with Gasteiger partial charge in [-0.25, -0.2) is 0 Å². The van der Waals surface area contributed by atoms with E-state index in [9.17, 15) is 9.59 Å². The molecule has 0 radical (unpaired) electrons. The Hall–Kier alpha value is -2.83. The van der Waals surface area contributed by atoms with Gasteiger partial charge in [-0.3, -0.25) is 14.3 Å². The Morgan fingerprint density at radius 2 is 1.77 bits per heavy atom. The van der Waals surface area contributed by atoms with E-state index in [0.717, 1.165) is 5.56 Å². The van der Waals surface area contributed by atoms with Gasteiger partial charge in [-0.1, -0.05) is 6.07 Å². The van der Waals surface area contributed by atoms with Crippen LogP contribution in [-0.2, 0) is 16.6 Å². The topological polar surface area (TPSA) is 85.2 Å². The number of nitrogens with zero attached hydrogens (tertiary/aromatic N) is 2. The molecule has 7 heteroatoms. The number of amides is 2. The van der Waals surface area contributed by atoms with E-state index in [1.807, 2.05) is 13.0 Å². The van der Waals surface area contributed by atoms with Crippen LogP contribution in [0, 0.1) is 13.8 Å². The summed E-state index contributed by atoms with van der Waals surface area (Å²) in [6.07, 6.45) is 1.63.